The maximum absolute atomic E-state index is 12.8. The number of hydrazone groups is 1. The van der Waals surface area contributed by atoms with E-state index in [4.69, 9.17) is 0 Å². The molecule has 0 radical (unpaired) electrons. The van der Waals surface area contributed by atoms with Crippen molar-refractivity contribution >= 4 is 45.0 Å². The van der Waals surface area contributed by atoms with Crippen LogP contribution in [0.25, 0.3) is 6.08 Å². The highest BCUT2D eigenvalue weighted by molar-refractivity contribution is 9.10. The van der Waals surface area contributed by atoms with Gasteiger partial charge in [-0.1, -0.05) is 24.3 Å². The summed E-state index contributed by atoms with van der Waals surface area (Å²) in [6.45, 7) is 8.05. The Morgan fingerprint density at radius 3 is 2.42 bits per heavy atom. The van der Waals surface area contributed by atoms with Crippen molar-refractivity contribution in [3.8, 4) is 0 Å². The molecule has 1 amide bonds. The number of halogens is 1. The van der Waals surface area contributed by atoms with Gasteiger partial charge in [0.15, 0.2) is 0 Å². The Morgan fingerprint density at radius 1 is 1.12 bits per heavy atom. The lowest BCUT2D eigenvalue weighted by Crippen LogP contribution is -2.22. The van der Waals surface area contributed by atoms with Crippen LogP contribution in [0.5, 0.6) is 0 Å². The molecule has 2 aromatic carbocycles. The van der Waals surface area contributed by atoms with Gasteiger partial charge in [-0.15, -0.1) is 0 Å². The zero-order chi connectivity index (χ0) is 18.7. The van der Waals surface area contributed by atoms with Crippen molar-refractivity contribution in [2.75, 3.05) is 23.0 Å². The molecule has 2 aromatic rings. The van der Waals surface area contributed by atoms with E-state index in [1.165, 1.54) is 5.01 Å². The van der Waals surface area contributed by atoms with Crippen molar-refractivity contribution < 1.29 is 4.79 Å². The smallest absolute Gasteiger partial charge is 0.280 e. The van der Waals surface area contributed by atoms with E-state index in [9.17, 15) is 4.79 Å². The van der Waals surface area contributed by atoms with E-state index in [1.807, 2.05) is 55.5 Å². The average Bonchev–Trinajstić information content (AvgIpc) is 2.93. The molecule has 0 fully saturated rings. The first-order valence-electron chi connectivity index (χ1n) is 8.76. The molecule has 0 atom stereocenters. The summed E-state index contributed by atoms with van der Waals surface area (Å²) in [6, 6.07) is 15.7. The fourth-order valence-corrected chi connectivity index (χ4v) is 3.68. The van der Waals surface area contributed by atoms with Crippen molar-refractivity contribution in [1.82, 2.24) is 0 Å². The van der Waals surface area contributed by atoms with Crippen LogP contribution in [-0.2, 0) is 4.79 Å². The Hall–Kier alpha value is -2.40. The maximum Gasteiger partial charge on any atom is 0.280 e. The number of amides is 1. The summed E-state index contributed by atoms with van der Waals surface area (Å²) < 4.78 is 1.02. The summed E-state index contributed by atoms with van der Waals surface area (Å²) in [6.07, 6.45) is 1.90. The van der Waals surface area contributed by atoms with Crippen molar-refractivity contribution in [1.29, 1.82) is 0 Å². The van der Waals surface area contributed by atoms with E-state index < -0.39 is 0 Å². The van der Waals surface area contributed by atoms with E-state index in [1.54, 1.807) is 0 Å². The Labute approximate surface area is 162 Å². The van der Waals surface area contributed by atoms with Gasteiger partial charge in [0, 0.05) is 17.6 Å². The normalized spacial score (nSPS) is 15.5. The highest BCUT2D eigenvalue weighted by atomic mass is 79.9. The number of hydrogen-bond donors (Lipinski definition) is 0. The van der Waals surface area contributed by atoms with Crippen LogP contribution in [0.1, 0.15) is 26.3 Å². The monoisotopic (exact) mass is 411 g/mol. The van der Waals surface area contributed by atoms with Crippen molar-refractivity contribution in [3.05, 3.63) is 64.1 Å². The molecule has 134 valence electrons. The highest BCUT2D eigenvalue weighted by Gasteiger charge is 2.28. The van der Waals surface area contributed by atoms with Gasteiger partial charge in [-0.25, -0.2) is 0 Å². The molecular weight excluding hydrogens is 390 g/mol. The van der Waals surface area contributed by atoms with Crippen LogP contribution in [0.3, 0.4) is 0 Å². The Balaban J connectivity index is 1.90. The molecule has 0 spiro atoms. The summed E-state index contributed by atoms with van der Waals surface area (Å²) in [5.74, 6) is -0.0994. The number of benzene rings is 2. The molecule has 0 saturated heterocycles. The van der Waals surface area contributed by atoms with Gasteiger partial charge in [0.2, 0.25) is 0 Å². The summed E-state index contributed by atoms with van der Waals surface area (Å²) in [7, 11) is 0. The Morgan fingerprint density at radius 2 is 1.81 bits per heavy atom. The van der Waals surface area contributed by atoms with Crippen LogP contribution in [-0.4, -0.2) is 24.7 Å². The van der Waals surface area contributed by atoms with Crippen LogP contribution in [0.15, 0.2) is 63.7 Å². The minimum atomic E-state index is -0.0994. The number of hydrogen-bond acceptors (Lipinski definition) is 3. The van der Waals surface area contributed by atoms with E-state index >= 15 is 0 Å². The number of carbonyl (C=O) groups excluding carboxylic acids is 1. The topological polar surface area (TPSA) is 35.9 Å². The third-order valence-electron chi connectivity index (χ3n) is 4.45. The first kappa shape index (κ1) is 18.4. The predicted octanol–water partition coefficient (Wildman–Crippen LogP) is 5.10. The first-order valence-corrected chi connectivity index (χ1v) is 9.55. The molecule has 0 N–H and O–H groups in total. The van der Waals surface area contributed by atoms with E-state index in [0.29, 0.717) is 5.57 Å². The predicted molar refractivity (Wildman–Crippen MR) is 113 cm³/mol. The minimum Gasteiger partial charge on any atom is -0.371 e. The second-order valence-electron chi connectivity index (χ2n) is 6.08. The second kappa shape index (κ2) is 7.87. The van der Waals surface area contributed by atoms with Crippen LogP contribution >= 0.6 is 15.9 Å². The van der Waals surface area contributed by atoms with Gasteiger partial charge >= 0.3 is 0 Å². The molecule has 0 unspecified atom stereocenters. The number of anilines is 2. The van der Waals surface area contributed by atoms with Gasteiger partial charge in [-0.2, -0.15) is 10.1 Å². The summed E-state index contributed by atoms with van der Waals surface area (Å²) in [5, 5.41) is 5.88. The lowest BCUT2D eigenvalue weighted by atomic mass is 10.1. The molecule has 0 aromatic heterocycles. The highest BCUT2D eigenvalue weighted by Crippen LogP contribution is 2.29. The molecule has 0 saturated carbocycles. The molecule has 5 heteroatoms. The molecule has 1 aliphatic rings. The average molecular weight is 412 g/mol. The Kier molecular flexibility index (Phi) is 5.57. The molecule has 1 heterocycles. The number of nitrogens with zero attached hydrogens (tertiary/aromatic N) is 3. The standard InChI is InChI=1S/C21H22BrN3O/c1-4-24(5-2)20-12-11-16(14-19(20)22)13-18-15(3)23-25(21(18)26)17-9-7-6-8-10-17/h6-14H,4-5H2,1-3H3/b18-13-. The molecule has 26 heavy (non-hydrogen) atoms. The molecule has 4 nitrogen and oxygen atoms in total. The summed E-state index contributed by atoms with van der Waals surface area (Å²) >= 11 is 3.66. The second-order valence-corrected chi connectivity index (χ2v) is 6.93. The van der Waals surface area contributed by atoms with Crippen LogP contribution < -0.4 is 9.91 Å². The lowest BCUT2D eigenvalue weighted by Gasteiger charge is -2.22. The summed E-state index contributed by atoms with van der Waals surface area (Å²) in [4.78, 5) is 15.1. The number of carbonyl (C=O) groups is 1. The minimum absolute atomic E-state index is 0.0994. The van der Waals surface area contributed by atoms with Gasteiger partial charge < -0.3 is 4.90 Å². The van der Waals surface area contributed by atoms with Crippen molar-refractivity contribution in [2.24, 2.45) is 5.10 Å². The van der Waals surface area contributed by atoms with Gasteiger partial charge in [0.1, 0.15) is 0 Å². The Bertz CT molecular complexity index is 870. The molecule has 3 rings (SSSR count). The molecule has 0 aliphatic carbocycles. The first-order chi connectivity index (χ1) is 12.5. The van der Waals surface area contributed by atoms with Crippen molar-refractivity contribution in [3.63, 3.8) is 0 Å². The molecular formula is C21H22BrN3O. The summed E-state index contributed by atoms with van der Waals surface area (Å²) in [5.41, 5.74) is 4.25. The van der Waals surface area contributed by atoms with Crippen molar-refractivity contribution in [2.45, 2.75) is 20.8 Å². The van der Waals surface area contributed by atoms with Crippen LogP contribution in [0.2, 0.25) is 0 Å². The van der Waals surface area contributed by atoms with Crippen LogP contribution in [0, 0.1) is 0 Å². The third kappa shape index (κ3) is 3.58. The SMILES string of the molecule is CCN(CC)c1ccc(/C=C2\C(=O)N(c3ccccc3)N=C2C)cc1Br. The van der Waals surface area contributed by atoms with E-state index in [-0.39, 0.29) is 5.91 Å². The quantitative estimate of drug-likeness (QED) is 0.641. The zero-order valence-electron chi connectivity index (χ0n) is 15.2. The number of para-hydroxylation sites is 1. The molecule has 0 bridgehead atoms. The van der Waals surface area contributed by atoms with Gasteiger partial charge in [-0.05, 0) is 72.6 Å². The fraction of sp³-hybridized carbons (Fsp3) is 0.238. The van der Waals surface area contributed by atoms with Gasteiger partial charge in [0.05, 0.1) is 22.7 Å². The lowest BCUT2D eigenvalue weighted by molar-refractivity contribution is -0.114. The molecule has 1 aliphatic heterocycles. The third-order valence-corrected chi connectivity index (χ3v) is 5.09. The van der Waals surface area contributed by atoms with Gasteiger partial charge in [-0.3, -0.25) is 4.79 Å². The fourth-order valence-electron chi connectivity index (χ4n) is 3.03. The maximum atomic E-state index is 12.8. The van der Waals surface area contributed by atoms with Gasteiger partial charge in [0.25, 0.3) is 5.91 Å². The number of rotatable bonds is 5. The zero-order valence-corrected chi connectivity index (χ0v) is 16.8. The largest absolute Gasteiger partial charge is 0.371 e. The van der Waals surface area contributed by atoms with E-state index in [0.717, 1.165) is 40.2 Å². The van der Waals surface area contributed by atoms with E-state index in [2.05, 4.69) is 45.8 Å². The van der Waals surface area contributed by atoms with Crippen LogP contribution in [0.4, 0.5) is 11.4 Å².